The molecule has 1 aliphatic rings. The summed E-state index contributed by atoms with van der Waals surface area (Å²) in [6.45, 7) is 2.89. The fraction of sp³-hybridized carbons (Fsp3) is 0.429. The van der Waals surface area contributed by atoms with Crippen LogP contribution in [0.15, 0.2) is 10.5 Å². The third-order valence-corrected chi connectivity index (χ3v) is 2.47. The maximum Gasteiger partial charge on any atom is 0.147 e. The van der Waals surface area contributed by atoms with Crippen LogP contribution < -0.4 is 5.32 Å². The Morgan fingerprint density at radius 1 is 1.73 bits per heavy atom. The Hall–Kier alpha value is -0.900. The lowest BCUT2D eigenvalue weighted by Crippen LogP contribution is -2.15. The zero-order valence-electron chi connectivity index (χ0n) is 6.29. The van der Waals surface area contributed by atoms with E-state index in [4.69, 9.17) is 0 Å². The van der Waals surface area contributed by atoms with Gasteiger partial charge in [0.15, 0.2) is 0 Å². The number of thiazole rings is 1. The predicted molar refractivity (Wildman–Crippen MR) is 47.2 cm³/mol. The number of hydrogen-bond acceptors (Lipinski definition) is 4. The van der Waals surface area contributed by atoms with Gasteiger partial charge in [-0.25, -0.2) is 4.98 Å². The number of aliphatic imine (C=N–C) groups is 1. The Kier molecular flexibility index (Phi) is 1.62. The van der Waals surface area contributed by atoms with E-state index in [1.54, 1.807) is 11.3 Å². The second kappa shape index (κ2) is 2.62. The van der Waals surface area contributed by atoms with Crippen LogP contribution in [0.4, 0.5) is 5.82 Å². The third kappa shape index (κ3) is 1.14. The maximum absolute atomic E-state index is 4.34. The van der Waals surface area contributed by atoms with Gasteiger partial charge in [-0.1, -0.05) is 6.92 Å². The molecule has 1 aromatic heterocycles. The van der Waals surface area contributed by atoms with Crippen molar-refractivity contribution in [3.8, 4) is 0 Å². The molecule has 1 aromatic rings. The largest absolute Gasteiger partial charge is 0.328 e. The Bertz CT molecular complexity index is 290. The molecule has 0 aliphatic carbocycles. The minimum absolute atomic E-state index is 0.802. The predicted octanol–water partition coefficient (Wildman–Crippen LogP) is 1.88. The first-order chi connectivity index (χ1) is 5.40. The van der Waals surface area contributed by atoms with Crippen molar-refractivity contribution in [2.75, 3.05) is 5.32 Å². The van der Waals surface area contributed by atoms with E-state index >= 15 is 0 Å². The van der Waals surface area contributed by atoms with Crippen LogP contribution >= 0.6 is 11.3 Å². The molecule has 0 bridgehead atoms. The molecule has 0 amide bonds. The highest BCUT2D eigenvalue weighted by Crippen LogP contribution is 2.22. The van der Waals surface area contributed by atoms with E-state index < -0.39 is 0 Å². The second-order valence-electron chi connectivity index (χ2n) is 2.37. The van der Waals surface area contributed by atoms with E-state index in [9.17, 15) is 0 Å². The van der Waals surface area contributed by atoms with Crippen molar-refractivity contribution in [3.63, 3.8) is 0 Å². The van der Waals surface area contributed by atoms with Gasteiger partial charge in [0.25, 0.3) is 0 Å². The fourth-order valence-corrected chi connectivity index (χ4v) is 1.67. The van der Waals surface area contributed by atoms with E-state index in [1.807, 2.05) is 5.51 Å². The van der Waals surface area contributed by atoms with Crippen LogP contribution in [0.1, 0.15) is 18.2 Å². The minimum Gasteiger partial charge on any atom is -0.328 e. The van der Waals surface area contributed by atoms with Crippen LogP contribution in [0.5, 0.6) is 0 Å². The van der Waals surface area contributed by atoms with Crippen LogP contribution in [0.3, 0.4) is 0 Å². The highest BCUT2D eigenvalue weighted by Gasteiger charge is 2.11. The Balaban J connectivity index is 2.27. The summed E-state index contributed by atoms with van der Waals surface area (Å²) < 4.78 is 0. The summed E-state index contributed by atoms with van der Waals surface area (Å²) in [7, 11) is 0. The number of nitrogens with one attached hydrogen (secondary N) is 1. The van der Waals surface area contributed by atoms with Crippen LogP contribution in [0.25, 0.3) is 0 Å². The van der Waals surface area contributed by atoms with Gasteiger partial charge in [-0.15, -0.1) is 11.3 Å². The zero-order chi connectivity index (χ0) is 7.68. The smallest absolute Gasteiger partial charge is 0.147 e. The molecule has 0 spiro atoms. The average Bonchev–Trinajstić information content (AvgIpc) is 2.50. The molecule has 0 saturated heterocycles. The Labute approximate surface area is 69.2 Å². The number of fused-ring (bicyclic) bond motifs is 1. The topological polar surface area (TPSA) is 37.3 Å². The van der Waals surface area contributed by atoms with Gasteiger partial charge < -0.3 is 5.32 Å². The molecule has 4 heteroatoms. The van der Waals surface area contributed by atoms with Gasteiger partial charge in [0.05, 0.1) is 16.9 Å². The van der Waals surface area contributed by atoms with Gasteiger partial charge in [0, 0.05) is 6.42 Å². The van der Waals surface area contributed by atoms with Crippen LogP contribution in [0.2, 0.25) is 0 Å². The second-order valence-corrected chi connectivity index (χ2v) is 3.30. The van der Waals surface area contributed by atoms with Gasteiger partial charge in [-0.2, -0.15) is 0 Å². The minimum atomic E-state index is 0.802. The molecule has 0 radical (unpaired) electrons. The summed E-state index contributed by atoms with van der Waals surface area (Å²) in [6, 6.07) is 0. The molecule has 58 valence electrons. The molecule has 2 rings (SSSR count). The normalized spacial score (nSPS) is 15.2. The van der Waals surface area contributed by atoms with Crippen LogP contribution in [0, 0.1) is 0 Å². The molecule has 0 unspecified atom stereocenters. The fourth-order valence-electron chi connectivity index (χ4n) is 1.03. The van der Waals surface area contributed by atoms with E-state index in [1.165, 1.54) is 4.88 Å². The number of amidine groups is 1. The standard InChI is InChI=1S/C7H9N3S/c1-2-6-8-3-5-7(10-6)9-4-11-5/h4H,2-3H2,1H3,(H,8,10). The molecule has 0 saturated carbocycles. The molecular formula is C7H9N3S. The first-order valence-corrected chi connectivity index (χ1v) is 4.51. The van der Waals surface area contributed by atoms with E-state index in [0.29, 0.717) is 0 Å². The third-order valence-electron chi connectivity index (χ3n) is 1.65. The number of hydrogen-bond donors (Lipinski definition) is 1. The highest BCUT2D eigenvalue weighted by molar-refractivity contribution is 7.10. The molecule has 1 N–H and O–H groups in total. The molecule has 0 atom stereocenters. The van der Waals surface area contributed by atoms with Gasteiger partial charge in [0.1, 0.15) is 11.7 Å². The zero-order valence-corrected chi connectivity index (χ0v) is 7.11. The lowest BCUT2D eigenvalue weighted by molar-refractivity contribution is 1.04. The molecule has 0 aromatic carbocycles. The Morgan fingerprint density at radius 3 is 3.45 bits per heavy atom. The van der Waals surface area contributed by atoms with Gasteiger partial charge in [-0.05, 0) is 0 Å². The summed E-state index contributed by atoms with van der Waals surface area (Å²) in [5.74, 6) is 2.05. The van der Waals surface area contributed by atoms with E-state index in [-0.39, 0.29) is 0 Å². The highest BCUT2D eigenvalue weighted by atomic mass is 32.1. The summed E-state index contributed by atoms with van der Waals surface area (Å²) in [5, 5.41) is 3.18. The summed E-state index contributed by atoms with van der Waals surface area (Å²) >= 11 is 1.66. The van der Waals surface area contributed by atoms with Crippen molar-refractivity contribution in [1.82, 2.24) is 4.98 Å². The van der Waals surface area contributed by atoms with Crippen LogP contribution in [-0.2, 0) is 6.54 Å². The van der Waals surface area contributed by atoms with Crippen molar-refractivity contribution >= 4 is 23.0 Å². The van der Waals surface area contributed by atoms with Crippen molar-refractivity contribution in [2.45, 2.75) is 19.9 Å². The summed E-state index contributed by atoms with van der Waals surface area (Å²) in [4.78, 5) is 9.76. The van der Waals surface area contributed by atoms with E-state index in [0.717, 1.165) is 24.6 Å². The van der Waals surface area contributed by atoms with Crippen molar-refractivity contribution in [1.29, 1.82) is 0 Å². The number of nitrogens with zero attached hydrogens (tertiary/aromatic N) is 2. The number of anilines is 1. The van der Waals surface area contributed by atoms with Crippen molar-refractivity contribution in [2.24, 2.45) is 4.99 Å². The van der Waals surface area contributed by atoms with E-state index in [2.05, 4.69) is 22.2 Å². The first kappa shape index (κ1) is 6.79. The first-order valence-electron chi connectivity index (χ1n) is 3.63. The van der Waals surface area contributed by atoms with Gasteiger partial charge in [0.2, 0.25) is 0 Å². The summed E-state index contributed by atoms with van der Waals surface area (Å²) in [5.41, 5.74) is 1.85. The monoisotopic (exact) mass is 167 g/mol. The molecule has 2 heterocycles. The lowest BCUT2D eigenvalue weighted by atomic mass is 10.3. The summed E-state index contributed by atoms with van der Waals surface area (Å²) in [6.07, 6.45) is 0.955. The molecule has 3 nitrogen and oxygen atoms in total. The van der Waals surface area contributed by atoms with Crippen LogP contribution in [-0.4, -0.2) is 10.8 Å². The maximum atomic E-state index is 4.34. The number of aromatic nitrogens is 1. The van der Waals surface area contributed by atoms with Gasteiger partial charge in [-0.3, -0.25) is 4.99 Å². The Morgan fingerprint density at radius 2 is 2.64 bits per heavy atom. The molecular weight excluding hydrogens is 158 g/mol. The van der Waals surface area contributed by atoms with Crippen molar-refractivity contribution < 1.29 is 0 Å². The van der Waals surface area contributed by atoms with Gasteiger partial charge >= 0.3 is 0 Å². The average molecular weight is 167 g/mol. The number of rotatable bonds is 1. The lowest BCUT2D eigenvalue weighted by Gasteiger charge is -2.11. The SMILES string of the molecule is CCC1=NCc2scnc2N1. The quantitative estimate of drug-likeness (QED) is 0.693. The molecule has 11 heavy (non-hydrogen) atoms. The van der Waals surface area contributed by atoms with Crippen molar-refractivity contribution in [3.05, 3.63) is 10.4 Å². The molecule has 0 fully saturated rings. The molecule has 1 aliphatic heterocycles.